The Morgan fingerprint density at radius 2 is 2.11 bits per heavy atom. The molecule has 0 saturated carbocycles. The van der Waals surface area contributed by atoms with Crippen LogP contribution in [0.1, 0.15) is 30.3 Å². The minimum atomic E-state index is -2.78. The van der Waals surface area contributed by atoms with Gasteiger partial charge in [-0.1, -0.05) is 0 Å². The molecule has 5 nitrogen and oxygen atoms in total. The molecular weight excluding hydrogens is 254 g/mol. The van der Waals surface area contributed by atoms with Gasteiger partial charge < -0.3 is 5.73 Å². The van der Waals surface area contributed by atoms with Gasteiger partial charge in [-0.2, -0.15) is 0 Å². The number of rotatable bonds is 3. The first-order valence-electron chi connectivity index (χ1n) is 6.09. The molecule has 104 valence electrons. The van der Waals surface area contributed by atoms with E-state index in [9.17, 15) is 13.6 Å². The number of likely N-dealkylation sites (tertiary alicyclic amines) is 1. The third-order valence-corrected chi connectivity index (χ3v) is 3.17. The van der Waals surface area contributed by atoms with E-state index in [1.807, 2.05) is 0 Å². The molecule has 1 aromatic heterocycles. The minimum Gasteiger partial charge on any atom is -0.368 e. The number of hydrogen-bond acceptors (Lipinski definition) is 4. The lowest BCUT2D eigenvalue weighted by Gasteiger charge is -2.36. The highest BCUT2D eigenvalue weighted by Gasteiger charge is 2.39. The van der Waals surface area contributed by atoms with Crippen LogP contribution in [-0.2, 0) is 4.79 Å². The largest absolute Gasteiger partial charge is 0.368 e. The Morgan fingerprint density at radius 3 is 2.63 bits per heavy atom. The molecule has 0 spiro atoms. The predicted molar refractivity (Wildman–Crippen MR) is 64.5 cm³/mol. The molecule has 0 radical (unpaired) electrons. The van der Waals surface area contributed by atoms with Crippen molar-refractivity contribution >= 4 is 5.91 Å². The van der Waals surface area contributed by atoms with E-state index in [0.717, 1.165) is 0 Å². The topological polar surface area (TPSA) is 72.1 Å². The summed E-state index contributed by atoms with van der Waals surface area (Å²) in [7, 11) is 0. The van der Waals surface area contributed by atoms with E-state index in [1.165, 1.54) is 17.3 Å². The van der Waals surface area contributed by atoms with Crippen LogP contribution in [0.25, 0.3) is 0 Å². The van der Waals surface area contributed by atoms with Gasteiger partial charge in [0.05, 0.1) is 6.54 Å². The second-order valence-electron chi connectivity index (χ2n) is 4.80. The minimum absolute atomic E-state index is 0.153. The molecule has 19 heavy (non-hydrogen) atoms. The Kier molecular flexibility index (Phi) is 3.75. The summed E-state index contributed by atoms with van der Waals surface area (Å²) in [5.74, 6) is -2.89. The Bertz CT molecular complexity index is 463. The van der Waals surface area contributed by atoms with Gasteiger partial charge >= 0.3 is 0 Å². The third-order valence-electron chi connectivity index (χ3n) is 3.17. The van der Waals surface area contributed by atoms with Crippen LogP contribution in [0.5, 0.6) is 0 Å². The van der Waals surface area contributed by atoms with Crippen molar-refractivity contribution in [3.8, 4) is 0 Å². The lowest BCUT2D eigenvalue weighted by Crippen LogP contribution is -2.48. The number of aryl methyl sites for hydroxylation is 1. The number of carbonyl (C=O) groups excluding carboxylic acids is 1. The fraction of sp³-hybridized carbons (Fsp3) is 0.583. The SMILES string of the molecule is Cc1ncc(C(C(N)=O)N2CCCC(F)(F)C2)cn1. The van der Waals surface area contributed by atoms with Crippen molar-refractivity contribution in [2.24, 2.45) is 5.73 Å². The highest BCUT2D eigenvalue weighted by molar-refractivity contribution is 5.81. The lowest BCUT2D eigenvalue weighted by atomic mass is 10.0. The first-order chi connectivity index (χ1) is 8.89. The molecule has 2 heterocycles. The summed E-state index contributed by atoms with van der Waals surface area (Å²) in [5, 5.41) is 0. The molecule has 0 aromatic carbocycles. The Morgan fingerprint density at radius 1 is 1.47 bits per heavy atom. The van der Waals surface area contributed by atoms with Gasteiger partial charge in [0.2, 0.25) is 5.91 Å². The zero-order valence-corrected chi connectivity index (χ0v) is 10.6. The molecule has 1 amide bonds. The standard InChI is InChI=1S/C12H16F2N4O/c1-8-16-5-9(6-17-8)10(11(15)19)18-4-2-3-12(13,14)7-18/h5-6,10H,2-4,7H2,1H3,(H2,15,19). The van der Waals surface area contributed by atoms with Crippen LogP contribution >= 0.6 is 0 Å². The van der Waals surface area contributed by atoms with Crippen molar-refractivity contribution in [3.05, 3.63) is 23.8 Å². The summed E-state index contributed by atoms with van der Waals surface area (Å²) >= 11 is 0. The van der Waals surface area contributed by atoms with Gasteiger partial charge in [-0.05, 0) is 19.9 Å². The first kappa shape index (κ1) is 13.8. The normalized spacial score (nSPS) is 21.0. The van der Waals surface area contributed by atoms with Crippen molar-refractivity contribution in [2.45, 2.75) is 31.7 Å². The highest BCUT2D eigenvalue weighted by atomic mass is 19.3. The number of primary amides is 1. The summed E-state index contributed by atoms with van der Waals surface area (Å²) in [6.45, 7) is 1.66. The van der Waals surface area contributed by atoms with Gasteiger partial charge in [-0.25, -0.2) is 18.7 Å². The summed E-state index contributed by atoms with van der Waals surface area (Å²) in [6.07, 6.45) is 3.11. The lowest BCUT2D eigenvalue weighted by molar-refractivity contribution is -0.128. The summed E-state index contributed by atoms with van der Waals surface area (Å²) in [5.41, 5.74) is 5.80. The van der Waals surface area contributed by atoms with E-state index >= 15 is 0 Å². The molecule has 0 bridgehead atoms. The average molecular weight is 270 g/mol. The average Bonchev–Trinajstić information content (AvgIpc) is 2.30. The van der Waals surface area contributed by atoms with Gasteiger partial charge in [0.25, 0.3) is 5.92 Å². The molecule has 1 unspecified atom stereocenters. The smallest absolute Gasteiger partial charge is 0.260 e. The second kappa shape index (κ2) is 5.16. The zero-order chi connectivity index (χ0) is 14.0. The van der Waals surface area contributed by atoms with E-state index in [1.54, 1.807) is 6.92 Å². The van der Waals surface area contributed by atoms with E-state index in [4.69, 9.17) is 5.73 Å². The fourth-order valence-electron chi connectivity index (χ4n) is 2.32. The van der Waals surface area contributed by atoms with Crippen LogP contribution in [0.4, 0.5) is 8.78 Å². The monoisotopic (exact) mass is 270 g/mol. The number of halogens is 2. The van der Waals surface area contributed by atoms with Crippen LogP contribution in [-0.4, -0.2) is 39.8 Å². The molecule has 1 atom stereocenters. The number of hydrogen-bond donors (Lipinski definition) is 1. The molecule has 1 saturated heterocycles. The second-order valence-corrected chi connectivity index (χ2v) is 4.80. The maximum atomic E-state index is 13.4. The zero-order valence-electron chi connectivity index (χ0n) is 10.6. The maximum Gasteiger partial charge on any atom is 0.260 e. The number of nitrogens with zero attached hydrogens (tertiary/aromatic N) is 3. The highest BCUT2D eigenvalue weighted by Crippen LogP contribution is 2.31. The van der Waals surface area contributed by atoms with Gasteiger partial charge in [-0.3, -0.25) is 9.69 Å². The van der Waals surface area contributed by atoms with E-state index in [0.29, 0.717) is 24.4 Å². The fourth-order valence-corrected chi connectivity index (χ4v) is 2.32. The Labute approximate surface area is 109 Å². The van der Waals surface area contributed by atoms with Crippen molar-refractivity contribution in [1.82, 2.24) is 14.9 Å². The molecule has 2 rings (SSSR count). The molecule has 1 aliphatic rings. The quantitative estimate of drug-likeness (QED) is 0.890. The van der Waals surface area contributed by atoms with Gasteiger partial charge in [0.1, 0.15) is 11.9 Å². The Balaban J connectivity index is 2.25. The third kappa shape index (κ3) is 3.23. The van der Waals surface area contributed by atoms with E-state index < -0.39 is 24.4 Å². The molecule has 7 heteroatoms. The summed E-state index contributed by atoms with van der Waals surface area (Å²) in [6, 6.07) is -0.897. The van der Waals surface area contributed by atoms with Gasteiger partial charge in [0, 0.05) is 24.4 Å². The van der Waals surface area contributed by atoms with Gasteiger partial charge in [0.15, 0.2) is 0 Å². The molecule has 0 aliphatic carbocycles. The number of carbonyl (C=O) groups is 1. The van der Waals surface area contributed by atoms with Crippen molar-refractivity contribution in [2.75, 3.05) is 13.1 Å². The first-order valence-corrected chi connectivity index (χ1v) is 6.09. The maximum absolute atomic E-state index is 13.4. The number of alkyl halides is 2. The predicted octanol–water partition coefficient (Wildman–Crippen LogP) is 1.04. The van der Waals surface area contributed by atoms with Crippen LogP contribution < -0.4 is 5.73 Å². The van der Waals surface area contributed by atoms with Crippen LogP contribution in [0.2, 0.25) is 0 Å². The van der Waals surface area contributed by atoms with Crippen LogP contribution in [0.3, 0.4) is 0 Å². The summed E-state index contributed by atoms with van der Waals surface area (Å²) in [4.78, 5) is 20.9. The molecular formula is C12H16F2N4O. The Hall–Kier alpha value is -1.63. The van der Waals surface area contributed by atoms with E-state index in [-0.39, 0.29) is 6.42 Å². The summed E-state index contributed by atoms with van der Waals surface area (Å²) < 4.78 is 26.9. The van der Waals surface area contributed by atoms with Crippen molar-refractivity contribution in [1.29, 1.82) is 0 Å². The molecule has 1 aliphatic heterocycles. The number of piperidine rings is 1. The van der Waals surface area contributed by atoms with Crippen molar-refractivity contribution < 1.29 is 13.6 Å². The number of nitrogens with two attached hydrogens (primary N) is 1. The number of aromatic nitrogens is 2. The molecule has 1 fully saturated rings. The van der Waals surface area contributed by atoms with E-state index in [2.05, 4.69) is 9.97 Å². The van der Waals surface area contributed by atoms with Gasteiger partial charge in [-0.15, -0.1) is 0 Å². The molecule has 1 aromatic rings. The number of amides is 1. The van der Waals surface area contributed by atoms with Crippen LogP contribution in [0, 0.1) is 6.92 Å². The molecule has 2 N–H and O–H groups in total. The van der Waals surface area contributed by atoms with Crippen LogP contribution in [0.15, 0.2) is 12.4 Å². The van der Waals surface area contributed by atoms with Crippen molar-refractivity contribution in [3.63, 3.8) is 0 Å².